The molecule has 0 saturated carbocycles. The molecule has 4 aromatic rings. The Bertz CT molecular complexity index is 2560. The second kappa shape index (κ2) is 17.3. The molecular formula is C46H52N3O10PS. The van der Waals surface area contributed by atoms with Crippen LogP contribution in [0.3, 0.4) is 0 Å². The molecule has 2 amide bonds. The van der Waals surface area contributed by atoms with E-state index < -0.39 is 28.6 Å². The van der Waals surface area contributed by atoms with Crippen molar-refractivity contribution in [3.8, 4) is 23.0 Å². The fourth-order valence-electron chi connectivity index (χ4n) is 9.30. The zero-order valence-corrected chi connectivity index (χ0v) is 36.7. The maximum atomic E-state index is 14.4. The highest BCUT2D eigenvalue weighted by Crippen LogP contribution is 2.49. The predicted octanol–water partition coefficient (Wildman–Crippen LogP) is 8.17. The van der Waals surface area contributed by atoms with Crippen molar-refractivity contribution < 1.29 is 46.1 Å². The summed E-state index contributed by atoms with van der Waals surface area (Å²) in [6.45, 7) is 4.53. The monoisotopic (exact) mass is 869 g/mol. The highest BCUT2D eigenvalue weighted by atomic mass is 32.2. The van der Waals surface area contributed by atoms with Crippen molar-refractivity contribution in [3.63, 3.8) is 0 Å². The number of anilines is 2. The molecule has 0 saturated heterocycles. The summed E-state index contributed by atoms with van der Waals surface area (Å²) in [7, 11) is -4.16. The van der Waals surface area contributed by atoms with Gasteiger partial charge in [-0.05, 0) is 86.1 Å². The Morgan fingerprint density at radius 3 is 1.90 bits per heavy atom. The Kier molecular flexibility index (Phi) is 12.1. The lowest BCUT2D eigenvalue weighted by Crippen LogP contribution is -2.47. The topological polar surface area (TPSA) is 161 Å². The number of aliphatic imine (C=N–C) groups is 1. The molecule has 0 radical (unpaired) electrons. The summed E-state index contributed by atoms with van der Waals surface area (Å²) in [5.41, 5.74) is 6.02. The maximum Gasteiger partial charge on any atom is 0.270 e. The van der Waals surface area contributed by atoms with Gasteiger partial charge in [-0.15, -0.1) is 0 Å². The molecule has 13 nitrogen and oxygen atoms in total. The van der Waals surface area contributed by atoms with Gasteiger partial charge in [-0.25, -0.2) is 0 Å². The van der Waals surface area contributed by atoms with Crippen LogP contribution >= 0.6 is 7.14 Å². The number of hydrogen-bond donors (Lipinski definition) is 1. The summed E-state index contributed by atoms with van der Waals surface area (Å²) in [6.07, 6.45) is 5.24. The van der Waals surface area contributed by atoms with E-state index in [1.807, 2.05) is 48.2 Å². The van der Waals surface area contributed by atoms with E-state index in [-0.39, 0.29) is 36.4 Å². The fraction of sp³-hybridized carbons (Fsp3) is 0.413. The quantitative estimate of drug-likeness (QED) is 0.0661. The van der Waals surface area contributed by atoms with Crippen molar-refractivity contribution >= 4 is 51.8 Å². The molecule has 322 valence electrons. The van der Waals surface area contributed by atoms with Gasteiger partial charge in [0.1, 0.15) is 5.25 Å². The van der Waals surface area contributed by atoms with Crippen molar-refractivity contribution in [2.75, 3.05) is 55.7 Å². The summed E-state index contributed by atoms with van der Waals surface area (Å²) < 4.78 is 74.1. The molecular weight excluding hydrogens is 818 g/mol. The van der Waals surface area contributed by atoms with Crippen LogP contribution in [-0.4, -0.2) is 93.7 Å². The zero-order chi connectivity index (χ0) is 43.1. The van der Waals surface area contributed by atoms with Crippen LogP contribution in [0.4, 0.5) is 17.1 Å². The van der Waals surface area contributed by atoms with Gasteiger partial charge in [-0.3, -0.25) is 24.0 Å². The normalized spacial score (nSPS) is 19.9. The third kappa shape index (κ3) is 8.29. The SMILES string of the molecule is CCCCP(=O)(CCCOc1cc2c(cc1OC)C(=O)N1c3ccccc3C[C@H]1C(S(=O)(=O)O)C2)CCCOc1cc2c(cc1OC)C(=O)N1c3ccccc3C[C@H]1C(C)=N2. The molecule has 4 aromatic carbocycles. The molecule has 1 N–H and O–H groups in total. The first-order valence-electron chi connectivity index (χ1n) is 20.9. The standard InChI is InChI=1S/C46H52N3O10PS/c1-5-6-19-60(52,21-12-18-59-43-28-35-34(27-41(43)57-4)46(51)48-36-15-9-7-13-30(36)22-38(48)29(2)47-35)20-11-17-58-42-24-32-25-44(61(53,54)55)39-23-31-14-8-10-16-37(31)49(39)45(50)33(32)26-40(42)56-3/h7-10,13-16,24,26-28,38-39,44H,5-6,11-12,17-23,25H2,1-4H3,(H,53,54,55)/t38-,39-,44?,60?/m0/s1. The van der Waals surface area contributed by atoms with E-state index >= 15 is 0 Å². The minimum absolute atomic E-state index is 0.0832. The molecule has 15 heteroatoms. The average molecular weight is 870 g/mol. The van der Waals surface area contributed by atoms with Crippen LogP contribution < -0.4 is 28.7 Å². The number of ether oxygens (including phenoxy) is 4. The molecule has 8 rings (SSSR count). The lowest BCUT2D eigenvalue weighted by atomic mass is 9.99. The number of para-hydroxylation sites is 2. The van der Waals surface area contributed by atoms with Crippen LogP contribution in [0, 0.1) is 0 Å². The van der Waals surface area contributed by atoms with E-state index in [2.05, 4.69) is 6.92 Å². The molecule has 2 unspecified atom stereocenters. The first-order chi connectivity index (χ1) is 29.3. The molecule has 0 bridgehead atoms. The summed E-state index contributed by atoms with van der Waals surface area (Å²) in [5, 5.41) is -1.24. The van der Waals surface area contributed by atoms with Crippen LogP contribution in [0.2, 0.25) is 0 Å². The van der Waals surface area contributed by atoms with Crippen LogP contribution in [-0.2, 0) is 33.9 Å². The second-order valence-electron chi connectivity index (χ2n) is 16.3. The Balaban J connectivity index is 0.917. The number of carbonyl (C=O) groups is 2. The molecule has 4 aliphatic rings. The van der Waals surface area contributed by atoms with Crippen LogP contribution in [0.25, 0.3) is 0 Å². The highest BCUT2D eigenvalue weighted by Gasteiger charge is 2.47. The number of benzene rings is 4. The van der Waals surface area contributed by atoms with Gasteiger partial charge in [0, 0.05) is 53.6 Å². The Hall–Kier alpha value is -5.17. The third-order valence-electron chi connectivity index (χ3n) is 12.4. The smallest absolute Gasteiger partial charge is 0.270 e. The molecule has 4 heterocycles. The minimum Gasteiger partial charge on any atom is -0.493 e. The number of unbranched alkanes of at least 4 members (excludes halogenated alkanes) is 1. The number of fused-ring (bicyclic) bond motifs is 8. The maximum absolute atomic E-state index is 14.4. The van der Waals surface area contributed by atoms with Crippen LogP contribution in [0.5, 0.6) is 23.0 Å². The highest BCUT2D eigenvalue weighted by molar-refractivity contribution is 7.86. The van der Waals surface area contributed by atoms with Crippen molar-refractivity contribution in [3.05, 3.63) is 101 Å². The lowest BCUT2D eigenvalue weighted by molar-refractivity contribution is 0.0975. The first-order valence-corrected chi connectivity index (χ1v) is 24.7. The van der Waals surface area contributed by atoms with E-state index in [9.17, 15) is 27.1 Å². The van der Waals surface area contributed by atoms with Crippen molar-refractivity contribution in [2.24, 2.45) is 4.99 Å². The van der Waals surface area contributed by atoms with Crippen LogP contribution in [0.1, 0.15) is 76.9 Å². The van der Waals surface area contributed by atoms with Crippen molar-refractivity contribution in [1.29, 1.82) is 0 Å². The van der Waals surface area contributed by atoms with Gasteiger partial charge in [0.2, 0.25) is 0 Å². The predicted molar refractivity (Wildman–Crippen MR) is 237 cm³/mol. The summed E-state index contributed by atoms with van der Waals surface area (Å²) in [6, 6.07) is 21.0. The Morgan fingerprint density at radius 1 is 0.721 bits per heavy atom. The fourth-order valence-corrected chi connectivity index (χ4v) is 13.3. The number of methoxy groups -OCH3 is 2. The van der Waals surface area contributed by atoms with Gasteiger partial charge < -0.3 is 28.4 Å². The Morgan fingerprint density at radius 2 is 1.28 bits per heavy atom. The van der Waals surface area contributed by atoms with Gasteiger partial charge in [0.05, 0.1) is 57.9 Å². The van der Waals surface area contributed by atoms with E-state index in [0.29, 0.717) is 96.3 Å². The molecule has 4 atom stereocenters. The van der Waals surface area contributed by atoms with E-state index in [1.165, 1.54) is 19.1 Å². The molecule has 0 spiro atoms. The molecule has 61 heavy (non-hydrogen) atoms. The molecule has 0 aliphatic carbocycles. The summed E-state index contributed by atoms with van der Waals surface area (Å²) in [4.78, 5) is 36.2. The number of hydrogen-bond acceptors (Lipinski definition) is 10. The lowest BCUT2D eigenvalue weighted by Gasteiger charge is -2.27. The number of carbonyl (C=O) groups excluding carboxylic acids is 2. The zero-order valence-electron chi connectivity index (χ0n) is 35.0. The van der Waals surface area contributed by atoms with E-state index in [4.69, 9.17) is 23.9 Å². The first kappa shape index (κ1) is 42.5. The number of nitrogens with zero attached hydrogens (tertiary/aromatic N) is 3. The minimum atomic E-state index is -4.54. The van der Waals surface area contributed by atoms with Gasteiger partial charge in [-0.2, -0.15) is 8.42 Å². The molecule has 0 aromatic heterocycles. The van der Waals surface area contributed by atoms with E-state index in [0.717, 1.165) is 35.4 Å². The molecule has 0 fully saturated rings. The van der Waals surface area contributed by atoms with Gasteiger partial charge in [0.15, 0.2) is 23.0 Å². The van der Waals surface area contributed by atoms with Gasteiger partial charge in [0.25, 0.3) is 21.9 Å². The summed E-state index contributed by atoms with van der Waals surface area (Å²) in [5.74, 6) is 1.04. The largest absolute Gasteiger partial charge is 0.493 e. The third-order valence-corrected chi connectivity index (χ3v) is 17.1. The second-order valence-corrected chi connectivity index (χ2v) is 21.4. The van der Waals surface area contributed by atoms with Crippen LogP contribution in [0.15, 0.2) is 77.8 Å². The van der Waals surface area contributed by atoms with Gasteiger partial charge in [-0.1, -0.05) is 49.7 Å². The summed E-state index contributed by atoms with van der Waals surface area (Å²) >= 11 is 0. The Labute approximate surface area is 357 Å². The van der Waals surface area contributed by atoms with Crippen molar-refractivity contribution in [2.45, 2.75) is 76.1 Å². The van der Waals surface area contributed by atoms with E-state index in [1.54, 1.807) is 36.4 Å². The number of amides is 2. The number of rotatable bonds is 16. The van der Waals surface area contributed by atoms with Crippen molar-refractivity contribution in [1.82, 2.24) is 0 Å². The van der Waals surface area contributed by atoms with Gasteiger partial charge >= 0.3 is 0 Å². The molecule has 4 aliphatic heterocycles. The average Bonchev–Trinajstić information content (AvgIpc) is 3.77.